The number of urea groups is 1. The number of nitrogens with one attached hydrogen (secondary N) is 2. The van der Waals surface area contributed by atoms with Crippen molar-refractivity contribution in [2.24, 2.45) is 0 Å². The molecular formula is C18H15Cl2N3O4. The van der Waals surface area contributed by atoms with E-state index < -0.39 is 23.4 Å². The Balaban J connectivity index is 1.85. The van der Waals surface area contributed by atoms with Crippen molar-refractivity contribution in [3.63, 3.8) is 0 Å². The first-order chi connectivity index (χ1) is 12.8. The van der Waals surface area contributed by atoms with Crippen molar-refractivity contribution < 1.29 is 19.1 Å². The second kappa shape index (κ2) is 7.09. The molecule has 9 heteroatoms. The predicted molar refractivity (Wildman–Crippen MR) is 99.7 cm³/mol. The van der Waals surface area contributed by atoms with Gasteiger partial charge in [0.25, 0.3) is 11.8 Å². The molecule has 1 saturated heterocycles. The van der Waals surface area contributed by atoms with Crippen molar-refractivity contribution in [3.05, 3.63) is 63.6 Å². The van der Waals surface area contributed by atoms with Crippen molar-refractivity contribution >= 4 is 41.0 Å². The predicted octanol–water partition coefficient (Wildman–Crippen LogP) is 3.11. The van der Waals surface area contributed by atoms with E-state index in [1.165, 1.54) is 25.3 Å². The maximum Gasteiger partial charge on any atom is 0.344 e. The zero-order chi connectivity index (χ0) is 19.8. The number of methoxy groups -OCH3 is 1. The molecule has 0 aromatic heterocycles. The molecule has 0 radical (unpaired) electrons. The van der Waals surface area contributed by atoms with Crippen LogP contribution in [-0.4, -0.2) is 30.0 Å². The van der Waals surface area contributed by atoms with Crippen molar-refractivity contribution in [3.8, 4) is 5.75 Å². The van der Waals surface area contributed by atoms with Gasteiger partial charge < -0.3 is 10.1 Å². The first kappa shape index (κ1) is 19.0. The molecule has 0 saturated carbocycles. The Bertz CT molecular complexity index is 950. The Labute approximate surface area is 165 Å². The molecule has 2 aromatic carbocycles. The summed E-state index contributed by atoms with van der Waals surface area (Å²) in [6, 6.07) is 10.2. The van der Waals surface area contributed by atoms with E-state index >= 15 is 0 Å². The summed E-state index contributed by atoms with van der Waals surface area (Å²) in [5.41, 5.74) is 1.62. The van der Waals surface area contributed by atoms with Gasteiger partial charge in [0.1, 0.15) is 11.3 Å². The number of ether oxygens (including phenoxy) is 1. The van der Waals surface area contributed by atoms with Crippen LogP contribution in [0, 0.1) is 0 Å². The molecule has 0 spiro atoms. The van der Waals surface area contributed by atoms with Crippen molar-refractivity contribution in [2.45, 2.75) is 12.5 Å². The molecule has 1 heterocycles. The van der Waals surface area contributed by atoms with E-state index in [0.29, 0.717) is 16.3 Å². The van der Waals surface area contributed by atoms with Gasteiger partial charge in [-0.3, -0.25) is 15.0 Å². The number of carbonyl (C=O) groups excluding carboxylic acids is 3. The van der Waals surface area contributed by atoms with Crippen LogP contribution in [0.5, 0.6) is 5.75 Å². The van der Waals surface area contributed by atoms with Crippen molar-refractivity contribution in [2.75, 3.05) is 7.11 Å². The van der Waals surface area contributed by atoms with Crippen LogP contribution in [0.15, 0.2) is 42.5 Å². The third-order valence-corrected chi connectivity index (χ3v) is 4.97. The summed E-state index contributed by atoms with van der Waals surface area (Å²) in [7, 11) is 1.50. The molecule has 1 atom stereocenters. The number of hydrogen-bond acceptors (Lipinski definition) is 4. The molecule has 1 aliphatic rings. The van der Waals surface area contributed by atoms with Crippen LogP contribution >= 0.6 is 23.2 Å². The van der Waals surface area contributed by atoms with Gasteiger partial charge in [0.2, 0.25) is 0 Å². The smallest absolute Gasteiger partial charge is 0.344 e. The molecule has 27 heavy (non-hydrogen) atoms. The van der Waals surface area contributed by atoms with Gasteiger partial charge >= 0.3 is 6.03 Å². The van der Waals surface area contributed by atoms with Crippen LogP contribution in [0.2, 0.25) is 10.0 Å². The monoisotopic (exact) mass is 407 g/mol. The van der Waals surface area contributed by atoms with Gasteiger partial charge in [-0.1, -0.05) is 35.3 Å². The minimum absolute atomic E-state index is 0.153. The molecule has 0 bridgehead atoms. The SMILES string of the molecule is COc1cccc([C@@]2(C)NC(=O)N(NC(=O)c3ccc(Cl)c(Cl)c3)C2=O)c1. The van der Waals surface area contributed by atoms with Crippen molar-refractivity contribution in [1.82, 2.24) is 15.8 Å². The van der Waals surface area contributed by atoms with E-state index in [-0.39, 0.29) is 15.6 Å². The lowest BCUT2D eigenvalue weighted by Gasteiger charge is -2.22. The summed E-state index contributed by atoms with van der Waals surface area (Å²) in [4.78, 5) is 37.6. The third-order valence-electron chi connectivity index (χ3n) is 4.23. The molecule has 140 valence electrons. The number of imide groups is 1. The number of carbonyl (C=O) groups is 3. The summed E-state index contributed by atoms with van der Waals surface area (Å²) in [6.45, 7) is 1.55. The van der Waals surface area contributed by atoms with Crippen LogP contribution in [0.1, 0.15) is 22.8 Å². The molecule has 1 fully saturated rings. The molecule has 2 N–H and O–H groups in total. The standard InChI is InChI=1S/C18H15Cl2N3O4/c1-18(11-4-3-5-12(9-11)27-2)16(25)23(17(26)21-18)22-15(24)10-6-7-13(19)14(20)8-10/h3-9H,1-2H3,(H,21,26)(H,22,24)/t18-/m1/s1. The van der Waals surface area contributed by atoms with E-state index in [0.717, 1.165) is 0 Å². The number of benzene rings is 2. The van der Waals surface area contributed by atoms with Gasteiger partial charge in [-0.05, 0) is 42.8 Å². The molecule has 0 aliphatic carbocycles. The Morgan fingerprint density at radius 3 is 2.56 bits per heavy atom. The van der Waals surface area contributed by atoms with Crippen LogP contribution < -0.4 is 15.5 Å². The van der Waals surface area contributed by atoms with Crippen molar-refractivity contribution in [1.29, 1.82) is 0 Å². The second-order valence-corrected chi connectivity index (χ2v) is 6.81. The molecule has 1 aliphatic heterocycles. The van der Waals surface area contributed by atoms with Crippen LogP contribution in [0.4, 0.5) is 4.79 Å². The van der Waals surface area contributed by atoms with E-state index in [1.54, 1.807) is 31.2 Å². The largest absolute Gasteiger partial charge is 0.497 e. The Morgan fingerprint density at radius 2 is 1.89 bits per heavy atom. The normalized spacial score (nSPS) is 19.0. The highest BCUT2D eigenvalue weighted by Gasteiger charge is 2.50. The fourth-order valence-corrected chi connectivity index (χ4v) is 2.97. The maximum atomic E-state index is 12.9. The summed E-state index contributed by atoms with van der Waals surface area (Å²) >= 11 is 11.7. The highest BCUT2D eigenvalue weighted by molar-refractivity contribution is 6.42. The molecule has 0 unspecified atom stereocenters. The minimum Gasteiger partial charge on any atom is -0.497 e. The minimum atomic E-state index is -1.35. The van der Waals surface area contributed by atoms with Gasteiger partial charge in [-0.2, -0.15) is 5.01 Å². The van der Waals surface area contributed by atoms with Gasteiger partial charge in [-0.25, -0.2) is 4.79 Å². The molecular weight excluding hydrogens is 393 g/mol. The lowest BCUT2D eigenvalue weighted by Crippen LogP contribution is -2.47. The lowest BCUT2D eigenvalue weighted by molar-refractivity contribution is -0.132. The topological polar surface area (TPSA) is 87.7 Å². The van der Waals surface area contributed by atoms with Gasteiger partial charge in [0.05, 0.1) is 17.2 Å². The van der Waals surface area contributed by atoms with Crippen LogP contribution in [-0.2, 0) is 10.3 Å². The number of rotatable bonds is 4. The number of hydrogen-bond donors (Lipinski definition) is 2. The van der Waals surface area contributed by atoms with E-state index in [9.17, 15) is 14.4 Å². The summed E-state index contributed by atoms with van der Waals surface area (Å²) in [5.74, 6) is -0.768. The third kappa shape index (κ3) is 3.43. The summed E-state index contributed by atoms with van der Waals surface area (Å²) in [6.07, 6.45) is 0. The quantitative estimate of drug-likeness (QED) is 0.762. The van der Waals surface area contributed by atoms with E-state index in [1.807, 2.05) is 0 Å². The average Bonchev–Trinajstić information content (AvgIpc) is 2.88. The first-order valence-corrected chi connectivity index (χ1v) is 8.59. The summed E-state index contributed by atoms with van der Waals surface area (Å²) < 4.78 is 5.16. The van der Waals surface area contributed by atoms with Gasteiger partial charge in [0, 0.05) is 5.56 Å². The van der Waals surface area contributed by atoms with Gasteiger partial charge in [0.15, 0.2) is 0 Å². The number of amides is 4. The number of nitrogens with zero attached hydrogens (tertiary/aromatic N) is 1. The lowest BCUT2D eigenvalue weighted by atomic mass is 9.92. The molecule has 3 rings (SSSR count). The molecule has 4 amide bonds. The zero-order valence-corrected chi connectivity index (χ0v) is 15.9. The van der Waals surface area contributed by atoms with Gasteiger partial charge in [-0.15, -0.1) is 0 Å². The maximum absolute atomic E-state index is 12.9. The average molecular weight is 408 g/mol. The molecule has 2 aromatic rings. The van der Waals surface area contributed by atoms with Crippen LogP contribution in [0.3, 0.4) is 0 Å². The fraction of sp³-hybridized carbons (Fsp3) is 0.167. The Kier molecular flexibility index (Phi) is 4.99. The molecule has 7 nitrogen and oxygen atoms in total. The zero-order valence-electron chi connectivity index (χ0n) is 14.4. The highest BCUT2D eigenvalue weighted by Crippen LogP contribution is 2.30. The Morgan fingerprint density at radius 1 is 1.15 bits per heavy atom. The van der Waals surface area contributed by atoms with Crippen LogP contribution in [0.25, 0.3) is 0 Å². The highest BCUT2D eigenvalue weighted by atomic mass is 35.5. The number of halogens is 2. The second-order valence-electron chi connectivity index (χ2n) is 6.00. The summed E-state index contributed by atoms with van der Waals surface area (Å²) in [5, 5.41) is 3.71. The van der Waals surface area contributed by atoms with E-state index in [4.69, 9.17) is 27.9 Å². The first-order valence-electron chi connectivity index (χ1n) is 7.83. The fourth-order valence-electron chi connectivity index (χ4n) is 2.67. The number of hydrazine groups is 1. The Hall–Kier alpha value is -2.77. The van der Waals surface area contributed by atoms with E-state index in [2.05, 4.69) is 10.7 Å².